The number of aromatic hydroxyl groups is 2. The lowest BCUT2D eigenvalue weighted by atomic mass is 10.0. The van der Waals surface area contributed by atoms with Crippen LogP contribution in [0.25, 0.3) is 0 Å². The maximum Gasteiger partial charge on any atom is 0.339 e. The fraction of sp³-hybridized carbons (Fsp3) is 0.364. The van der Waals surface area contributed by atoms with E-state index in [0.717, 1.165) is 12.8 Å². The molecule has 0 aromatic heterocycles. The normalized spacial score (nSPS) is 10.2. The molecule has 0 aliphatic rings. The molecule has 0 saturated heterocycles. The van der Waals surface area contributed by atoms with Crippen molar-refractivity contribution >= 4 is 5.97 Å². The fourth-order valence-electron chi connectivity index (χ4n) is 1.44. The Morgan fingerprint density at radius 3 is 2.53 bits per heavy atom. The zero-order chi connectivity index (χ0) is 11.4. The van der Waals surface area contributed by atoms with Crippen LogP contribution in [0.2, 0.25) is 0 Å². The van der Waals surface area contributed by atoms with Gasteiger partial charge in [-0.25, -0.2) is 4.79 Å². The molecule has 0 atom stereocenters. The van der Waals surface area contributed by atoms with Crippen molar-refractivity contribution in [1.29, 1.82) is 0 Å². The summed E-state index contributed by atoms with van der Waals surface area (Å²) in [7, 11) is 0. The lowest BCUT2D eigenvalue weighted by Gasteiger charge is -2.08. The number of unbranched alkanes of at least 4 members (excludes halogenated alkanes) is 1. The van der Waals surface area contributed by atoms with E-state index in [-0.39, 0.29) is 5.56 Å². The van der Waals surface area contributed by atoms with E-state index in [0.29, 0.717) is 12.0 Å². The van der Waals surface area contributed by atoms with Crippen LogP contribution in [0, 0.1) is 0 Å². The second kappa shape index (κ2) is 4.68. The van der Waals surface area contributed by atoms with E-state index >= 15 is 0 Å². The molecule has 4 heteroatoms. The monoisotopic (exact) mass is 210 g/mol. The first kappa shape index (κ1) is 11.4. The molecule has 1 aromatic rings. The van der Waals surface area contributed by atoms with Gasteiger partial charge in [0.25, 0.3) is 0 Å². The van der Waals surface area contributed by atoms with E-state index < -0.39 is 17.5 Å². The third kappa shape index (κ3) is 2.40. The van der Waals surface area contributed by atoms with Gasteiger partial charge in [-0.3, -0.25) is 0 Å². The van der Waals surface area contributed by atoms with Gasteiger partial charge in [0.1, 0.15) is 5.56 Å². The van der Waals surface area contributed by atoms with Crippen LogP contribution in [-0.2, 0) is 6.42 Å². The number of aryl methyl sites for hydroxylation is 1. The standard InChI is InChI=1S/C11H14O4/c1-2-3-4-7-5-6-8(12)10(13)9(7)11(14)15/h5-6,12-13H,2-4H2,1H3,(H,14,15). The van der Waals surface area contributed by atoms with Crippen LogP contribution in [0.1, 0.15) is 35.7 Å². The fourth-order valence-corrected chi connectivity index (χ4v) is 1.44. The van der Waals surface area contributed by atoms with Gasteiger partial charge in [-0.2, -0.15) is 0 Å². The summed E-state index contributed by atoms with van der Waals surface area (Å²) in [6, 6.07) is 2.85. The molecular weight excluding hydrogens is 196 g/mol. The number of carboxylic acid groups (broad SMARTS) is 1. The molecule has 0 aliphatic carbocycles. The van der Waals surface area contributed by atoms with Crippen LogP contribution < -0.4 is 0 Å². The number of rotatable bonds is 4. The van der Waals surface area contributed by atoms with Gasteiger partial charge in [-0.15, -0.1) is 0 Å². The molecule has 82 valence electrons. The van der Waals surface area contributed by atoms with Crippen LogP contribution in [-0.4, -0.2) is 21.3 Å². The SMILES string of the molecule is CCCCc1ccc(O)c(O)c1C(=O)O. The van der Waals surface area contributed by atoms with E-state index in [4.69, 9.17) is 5.11 Å². The van der Waals surface area contributed by atoms with Crippen molar-refractivity contribution in [2.24, 2.45) is 0 Å². The summed E-state index contributed by atoms with van der Waals surface area (Å²) >= 11 is 0. The van der Waals surface area contributed by atoms with Crippen LogP contribution in [0.3, 0.4) is 0 Å². The number of phenolic OH excluding ortho intramolecular Hbond substituents is 1. The van der Waals surface area contributed by atoms with Crippen LogP contribution in [0.15, 0.2) is 12.1 Å². The Bertz CT molecular complexity index is 371. The summed E-state index contributed by atoms with van der Waals surface area (Å²) in [6.45, 7) is 2.00. The van der Waals surface area contributed by atoms with Crippen molar-refractivity contribution in [1.82, 2.24) is 0 Å². The van der Waals surface area contributed by atoms with E-state index in [1.165, 1.54) is 12.1 Å². The molecule has 0 fully saturated rings. The van der Waals surface area contributed by atoms with Crippen molar-refractivity contribution in [3.8, 4) is 11.5 Å². The van der Waals surface area contributed by atoms with Crippen LogP contribution in [0.4, 0.5) is 0 Å². The van der Waals surface area contributed by atoms with Crippen LogP contribution >= 0.6 is 0 Å². The van der Waals surface area contributed by atoms with E-state index in [1.54, 1.807) is 0 Å². The van der Waals surface area contributed by atoms with E-state index in [2.05, 4.69) is 0 Å². The van der Waals surface area contributed by atoms with Gasteiger partial charge in [-0.1, -0.05) is 19.4 Å². The minimum absolute atomic E-state index is 0.191. The molecule has 0 radical (unpaired) electrons. The highest BCUT2D eigenvalue weighted by atomic mass is 16.4. The number of hydrogen-bond donors (Lipinski definition) is 3. The first-order valence-corrected chi connectivity index (χ1v) is 4.85. The molecule has 4 nitrogen and oxygen atoms in total. The number of benzene rings is 1. The lowest BCUT2D eigenvalue weighted by Crippen LogP contribution is -2.03. The minimum atomic E-state index is -1.21. The summed E-state index contributed by atoms with van der Waals surface area (Å²) in [5.41, 5.74) is 0.364. The highest BCUT2D eigenvalue weighted by molar-refractivity contribution is 5.93. The largest absolute Gasteiger partial charge is 0.504 e. The van der Waals surface area contributed by atoms with Gasteiger partial charge in [0.2, 0.25) is 0 Å². The highest BCUT2D eigenvalue weighted by Crippen LogP contribution is 2.31. The average Bonchev–Trinajstić information content (AvgIpc) is 2.19. The average molecular weight is 210 g/mol. The van der Waals surface area contributed by atoms with Crippen molar-refractivity contribution in [3.63, 3.8) is 0 Å². The van der Waals surface area contributed by atoms with Gasteiger partial charge < -0.3 is 15.3 Å². The molecular formula is C11H14O4. The Kier molecular flexibility index (Phi) is 3.55. The maximum absolute atomic E-state index is 10.9. The minimum Gasteiger partial charge on any atom is -0.504 e. The predicted octanol–water partition coefficient (Wildman–Crippen LogP) is 2.14. The second-order valence-corrected chi connectivity index (χ2v) is 3.38. The third-order valence-corrected chi connectivity index (χ3v) is 2.26. The van der Waals surface area contributed by atoms with Gasteiger partial charge in [0.05, 0.1) is 0 Å². The molecule has 0 bridgehead atoms. The molecule has 1 rings (SSSR count). The molecule has 0 spiro atoms. The Labute approximate surface area is 87.8 Å². The Morgan fingerprint density at radius 2 is 2.00 bits per heavy atom. The zero-order valence-corrected chi connectivity index (χ0v) is 8.53. The molecule has 0 amide bonds. The second-order valence-electron chi connectivity index (χ2n) is 3.38. The molecule has 0 heterocycles. The first-order valence-electron chi connectivity index (χ1n) is 4.85. The summed E-state index contributed by atoms with van der Waals surface area (Å²) in [6.07, 6.45) is 2.39. The van der Waals surface area contributed by atoms with E-state index in [1.807, 2.05) is 6.92 Å². The molecule has 0 saturated carbocycles. The predicted molar refractivity (Wildman–Crippen MR) is 55.3 cm³/mol. The van der Waals surface area contributed by atoms with Crippen LogP contribution in [0.5, 0.6) is 11.5 Å². The highest BCUT2D eigenvalue weighted by Gasteiger charge is 2.17. The lowest BCUT2D eigenvalue weighted by molar-refractivity contribution is 0.0691. The van der Waals surface area contributed by atoms with E-state index in [9.17, 15) is 15.0 Å². The molecule has 0 unspecified atom stereocenters. The molecule has 15 heavy (non-hydrogen) atoms. The van der Waals surface area contributed by atoms with Gasteiger partial charge in [0, 0.05) is 0 Å². The summed E-state index contributed by atoms with van der Waals surface area (Å²) in [5.74, 6) is -2.15. The molecule has 1 aromatic carbocycles. The number of carboxylic acids is 1. The molecule has 3 N–H and O–H groups in total. The Hall–Kier alpha value is -1.71. The molecule has 0 aliphatic heterocycles. The number of phenols is 2. The summed E-state index contributed by atoms with van der Waals surface area (Å²) in [5, 5.41) is 27.5. The quantitative estimate of drug-likeness (QED) is 0.665. The number of aromatic carboxylic acids is 1. The smallest absolute Gasteiger partial charge is 0.339 e. The van der Waals surface area contributed by atoms with Gasteiger partial charge in [-0.05, 0) is 24.5 Å². The first-order chi connectivity index (χ1) is 7.07. The van der Waals surface area contributed by atoms with Gasteiger partial charge in [0.15, 0.2) is 11.5 Å². The van der Waals surface area contributed by atoms with Crippen molar-refractivity contribution < 1.29 is 20.1 Å². The van der Waals surface area contributed by atoms with Gasteiger partial charge >= 0.3 is 5.97 Å². The number of carbonyl (C=O) groups is 1. The Morgan fingerprint density at radius 1 is 1.33 bits per heavy atom. The maximum atomic E-state index is 10.9. The number of hydrogen-bond acceptors (Lipinski definition) is 3. The topological polar surface area (TPSA) is 77.8 Å². The van der Waals surface area contributed by atoms with Crippen molar-refractivity contribution in [3.05, 3.63) is 23.3 Å². The zero-order valence-electron chi connectivity index (χ0n) is 8.53. The van der Waals surface area contributed by atoms with Crippen molar-refractivity contribution in [2.75, 3.05) is 0 Å². The summed E-state index contributed by atoms with van der Waals surface area (Å²) in [4.78, 5) is 10.9. The summed E-state index contributed by atoms with van der Waals surface area (Å²) < 4.78 is 0. The third-order valence-electron chi connectivity index (χ3n) is 2.26. The Balaban J connectivity index is 3.15. The van der Waals surface area contributed by atoms with Crippen molar-refractivity contribution in [2.45, 2.75) is 26.2 Å².